The molecular weight excluding hydrogens is 497 g/mol. The van der Waals surface area contributed by atoms with Crippen molar-refractivity contribution in [1.29, 1.82) is 0 Å². The zero-order chi connectivity index (χ0) is 21.8. The average molecular weight is 520 g/mol. The van der Waals surface area contributed by atoms with Crippen LogP contribution < -0.4 is 15.5 Å². The van der Waals surface area contributed by atoms with Gasteiger partial charge in [0.2, 0.25) is 5.96 Å². The van der Waals surface area contributed by atoms with Gasteiger partial charge in [-0.15, -0.1) is 0 Å². The molecule has 0 saturated heterocycles. The molecule has 1 aromatic carbocycles. The molecule has 0 atom stereocenters. The van der Waals surface area contributed by atoms with Crippen LogP contribution in [0.1, 0.15) is 26.0 Å². The Morgan fingerprint density at radius 3 is 2.87 bits per heavy atom. The number of aliphatic imine (C=N–C) groups is 2. The molecule has 2 aromatic rings. The molecule has 2 rings (SSSR count). The van der Waals surface area contributed by atoms with Crippen LogP contribution in [-0.4, -0.2) is 51.9 Å². The van der Waals surface area contributed by atoms with Gasteiger partial charge in [0.05, 0.1) is 10.2 Å². The van der Waals surface area contributed by atoms with E-state index in [1.165, 1.54) is 30.0 Å². The molecule has 0 fully saturated rings. The molecule has 0 radical (unpaired) electrons. The number of nitrogens with zero attached hydrogens (tertiary/aromatic N) is 4. The number of halogens is 2. The highest BCUT2D eigenvalue weighted by Gasteiger charge is 2.17. The van der Waals surface area contributed by atoms with Crippen LogP contribution in [0.25, 0.3) is 0 Å². The van der Waals surface area contributed by atoms with Gasteiger partial charge in [-0.1, -0.05) is 37.6 Å². The highest BCUT2D eigenvalue weighted by atomic mass is 79.9. The van der Waals surface area contributed by atoms with E-state index in [1.807, 2.05) is 5.48 Å². The van der Waals surface area contributed by atoms with Crippen molar-refractivity contribution in [3.63, 3.8) is 0 Å². The summed E-state index contributed by atoms with van der Waals surface area (Å²) in [6.07, 6.45) is 0.966. The van der Waals surface area contributed by atoms with Crippen molar-refractivity contribution in [3.8, 4) is 0 Å². The van der Waals surface area contributed by atoms with Crippen molar-refractivity contribution >= 4 is 57.1 Å². The first-order valence-corrected chi connectivity index (χ1v) is 11.9. The zero-order valence-electron chi connectivity index (χ0n) is 16.5. The standard InChI is InChI=1S/C17H23BrFN7O2S2/c1-3-7-20-17(26-30-4-2)21-8-9-29-16-14(24-28-25-16)15(23-27)22-11-5-6-13(19)12(18)10-11/h5-6,10,27H,3-4,7-9H2,1-2H3,(H,22,23)(H2,20,21,26). The summed E-state index contributed by atoms with van der Waals surface area (Å²) in [7, 11) is 0. The molecule has 0 aliphatic heterocycles. The zero-order valence-corrected chi connectivity index (χ0v) is 19.7. The van der Waals surface area contributed by atoms with Crippen LogP contribution in [0.3, 0.4) is 0 Å². The second kappa shape index (κ2) is 13.5. The number of nitrogens with one attached hydrogen (secondary N) is 3. The van der Waals surface area contributed by atoms with Crippen molar-refractivity contribution < 1.29 is 14.2 Å². The van der Waals surface area contributed by atoms with Gasteiger partial charge in [-0.25, -0.2) is 14.0 Å². The van der Waals surface area contributed by atoms with Crippen LogP contribution in [-0.2, 0) is 0 Å². The van der Waals surface area contributed by atoms with Crippen LogP contribution in [0, 0.1) is 5.82 Å². The summed E-state index contributed by atoms with van der Waals surface area (Å²) in [4.78, 5) is 8.70. The fraction of sp³-hybridized carbons (Fsp3) is 0.412. The normalized spacial score (nSPS) is 12.2. The van der Waals surface area contributed by atoms with E-state index in [1.54, 1.807) is 11.9 Å². The van der Waals surface area contributed by atoms with Crippen molar-refractivity contribution in [2.75, 3.05) is 24.6 Å². The lowest BCUT2D eigenvalue weighted by Crippen LogP contribution is -2.35. The number of guanidine groups is 1. The summed E-state index contributed by atoms with van der Waals surface area (Å²) in [5, 5.41) is 20.9. The molecule has 9 nitrogen and oxygen atoms in total. The number of thioether (sulfide) groups is 1. The van der Waals surface area contributed by atoms with Crippen molar-refractivity contribution in [2.45, 2.75) is 25.3 Å². The largest absolute Gasteiger partial charge is 0.355 e. The molecule has 30 heavy (non-hydrogen) atoms. The SMILES string of the molecule is CCCN=C(NCCSc1nonc1C(=Nc1ccc(F)c(Br)c1)NO)NSCC. The third-order valence-corrected chi connectivity index (χ3v) is 5.56. The van der Waals surface area contributed by atoms with E-state index in [0.29, 0.717) is 23.0 Å². The number of rotatable bonds is 10. The van der Waals surface area contributed by atoms with Crippen molar-refractivity contribution in [2.24, 2.45) is 9.98 Å². The van der Waals surface area contributed by atoms with Gasteiger partial charge in [0.15, 0.2) is 16.6 Å². The average Bonchev–Trinajstić information content (AvgIpc) is 3.21. The first kappa shape index (κ1) is 24.4. The minimum Gasteiger partial charge on any atom is -0.355 e. The molecule has 4 N–H and O–H groups in total. The third kappa shape index (κ3) is 7.78. The van der Waals surface area contributed by atoms with Crippen LogP contribution in [0.15, 0.2) is 42.3 Å². The molecule has 1 heterocycles. The second-order valence-corrected chi connectivity index (χ2v) is 8.64. The summed E-state index contributed by atoms with van der Waals surface area (Å²) in [5.41, 5.74) is 2.67. The number of hydrogen-bond acceptors (Lipinski definition) is 8. The minimum atomic E-state index is -0.409. The van der Waals surface area contributed by atoms with E-state index in [-0.39, 0.29) is 16.0 Å². The maximum Gasteiger partial charge on any atom is 0.201 e. The lowest BCUT2D eigenvalue weighted by Gasteiger charge is -2.10. The van der Waals surface area contributed by atoms with E-state index in [9.17, 15) is 9.60 Å². The van der Waals surface area contributed by atoms with E-state index >= 15 is 0 Å². The van der Waals surface area contributed by atoms with Crippen molar-refractivity contribution in [3.05, 3.63) is 34.2 Å². The smallest absolute Gasteiger partial charge is 0.201 e. The van der Waals surface area contributed by atoms with Crippen LogP contribution in [0.2, 0.25) is 0 Å². The number of aromatic nitrogens is 2. The molecule has 0 amide bonds. The summed E-state index contributed by atoms with van der Waals surface area (Å²) < 4.78 is 21.7. The van der Waals surface area contributed by atoms with Gasteiger partial charge < -0.3 is 10.0 Å². The monoisotopic (exact) mass is 519 g/mol. The Balaban J connectivity index is 1.99. The molecule has 0 aliphatic carbocycles. The molecule has 0 aliphatic rings. The van der Waals surface area contributed by atoms with Crippen LogP contribution in [0.4, 0.5) is 10.1 Å². The highest BCUT2D eigenvalue weighted by Crippen LogP contribution is 2.24. The third-order valence-electron chi connectivity index (χ3n) is 3.37. The molecular formula is C17H23BrFN7O2S2. The van der Waals surface area contributed by atoms with Gasteiger partial charge in [0.1, 0.15) is 5.82 Å². The lowest BCUT2D eigenvalue weighted by atomic mass is 10.3. The summed E-state index contributed by atoms with van der Waals surface area (Å²) in [5.74, 6) is 1.94. The van der Waals surface area contributed by atoms with E-state index < -0.39 is 5.82 Å². The molecule has 0 saturated carbocycles. The number of hydroxylamine groups is 1. The van der Waals surface area contributed by atoms with E-state index in [2.05, 4.69) is 60.1 Å². The Hall–Kier alpha value is -1.83. The number of amidine groups is 1. The first-order chi connectivity index (χ1) is 14.6. The number of hydrogen-bond donors (Lipinski definition) is 4. The molecule has 0 bridgehead atoms. The highest BCUT2D eigenvalue weighted by molar-refractivity contribution is 9.10. The molecule has 1 aromatic heterocycles. The quantitative estimate of drug-likeness (QED) is 0.0928. The van der Waals surface area contributed by atoms with Gasteiger partial charge in [0.25, 0.3) is 0 Å². The van der Waals surface area contributed by atoms with Crippen molar-refractivity contribution in [1.82, 2.24) is 25.8 Å². The van der Waals surface area contributed by atoms with Crippen LogP contribution >= 0.6 is 39.6 Å². The maximum absolute atomic E-state index is 13.4. The first-order valence-electron chi connectivity index (χ1n) is 9.14. The fourth-order valence-corrected chi connectivity index (χ4v) is 3.58. The van der Waals surface area contributed by atoms with E-state index in [4.69, 9.17) is 4.63 Å². The second-order valence-electron chi connectivity index (χ2n) is 5.63. The summed E-state index contributed by atoms with van der Waals surface area (Å²) in [6, 6.07) is 4.22. The Morgan fingerprint density at radius 2 is 2.17 bits per heavy atom. The maximum atomic E-state index is 13.4. The van der Waals surface area contributed by atoms with Gasteiger partial charge in [-0.3, -0.25) is 15.7 Å². The fourth-order valence-electron chi connectivity index (χ4n) is 2.04. The topological polar surface area (TPSA) is 120 Å². The van der Waals surface area contributed by atoms with Gasteiger partial charge in [-0.05, 0) is 50.9 Å². The predicted molar refractivity (Wildman–Crippen MR) is 122 cm³/mol. The molecule has 164 valence electrons. The summed E-state index contributed by atoms with van der Waals surface area (Å²) >= 11 is 6.06. The molecule has 13 heteroatoms. The number of benzene rings is 1. The minimum absolute atomic E-state index is 0.0384. The predicted octanol–water partition coefficient (Wildman–Crippen LogP) is 3.73. The van der Waals surface area contributed by atoms with Crippen LogP contribution in [0.5, 0.6) is 0 Å². The Morgan fingerprint density at radius 1 is 1.33 bits per heavy atom. The summed E-state index contributed by atoms with van der Waals surface area (Å²) in [6.45, 7) is 5.50. The van der Waals surface area contributed by atoms with Gasteiger partial charge in [-0.2, -0.15) is 0 Å². The van der Waals surface area contributed by atoms with E-state index in [0.717, 1.165) is 24.7 Å². The molecule has 0 spiro atoms. The van der Waals surface area contributed by atoms with Gasteiger partial charge >= 0.3 is 0 Å². The van der Waals surface area contributed by atoms with Gasteiger partial charge in [0, 0.05) is 24.6 Å². The Labute approximate surface area is 191 Å². The molecule has 0 unspecified atom stereocenters. The Bertz CT molecular complexity index is 866. The Kier molecular flexibility index (Phi) is 11.0. The lowest BCUT2D eigenvalue weighted by molar-refractivity contribution is 0.234.